The van der Waals surface area contributed by atoms with Gasteiger partial charge in [0.05, 0.1) is 47.5 Å². The van der Waals surface area contributed by atoms with Gasteiger partial charge in [-0.3, -0.25) is 19.2 Å². The highest BCUT2D eigenvalue weighted by Crippen LogP contribution is 2.31. The Bertz CT molecular complexity index is 2060. The Kier molecular flexibility index (Phi) is 18.6. The zero-order chi connectivity index (χ0) is 48.2. The molecule has 0 saturated carbocycles. The molecule has 0 aliphatic carbocycles. The molecule has 4 rings (SSSR count). The van der Waals surface area contributed by atoms with Crippen LogP contribution < -0.4 is 11.5 Å². The van der Waals surface area contributed by atoms with Crippen molar-refractivity contribution in [2.75, 3.05) is 37.4 Å². The lowest BCUT2D eigenvalue weighted by molar-refractivity contribution is -0.245. The van der Waals surface area contributed by atoms with E-state index in [1.54, 1.807) is 105 Å². The molecule has 0 aliphatic heterocycles. The summed E-state index contributed by atoms with van der Waals surface area (Å²) in [6.45, 7) is 17.0. The molecular formula is C38H58N10O14P2+2. The standard InChI is InChI=1S/2C19H29N5O7P/c2*1-18(2,3)15(25)29-17(30-16(26)19(4,5)6)31-32(27)11-28-8-7-24-10-23-12-13(20)21-9-22-14(12)24/h2*9-10,17H,7-8,11H2,1-6H3,(H2,20,21,22)/q2*+1. The second-order valence-corrected chi connectivity index (χ2v) is 20.2. The summed E-state index contributed by atoms with van der Waals surface area (Å²) in [5.74, 6) is -2.18. The van der Waals surface area contributed by atoms with Gasteiger partial charge in [-0.15, -0.1) is 0 Å². The summed E-state index contributed by atoms with van der Waals surface area (Å²) in [6, 6.07) is 0. The number of ether oxygens (including phenoxy) is 6. The zero-order valence-electron chi connectivity index (χ0n) is 38.0. The van der Waals surface area contributed by atoms with Crippen LogP contribution in [-0.4, -0.2) is 102 Å². The summed E-state index contributed by atoms with van der Waals surface area (Å²) in [5, 5.41) is 0. The molecular weight excluding hydrogens is 882 g/mol. The first-order valence-corrected chi connectivity index (χ1v) is 22.4. The first-order valence-electron chi connectivity index (χ1n) is 19.6. The van der Waals surface area contributed by atoms with Gasteiger partial charge in [0, 0.05) is 13.1 Å². The summed E-state index contributed by atoms with van der Waals surface area (Å²) in [5.41, 5.74) is 10.0. The molecule has 0 spiro atoms. The van der Waals surface area contributed by atoms with E-state index in [0.29, 0.717) is 35.4 Å². The fourth-order valence-corrected chi connectivity index (χ4v) is 5.41. The number of imidazole rings is 2. The molecule has 4 aromatic heterocycles. The fraction of sp³-hybridized carbons (Fsp3) is 0.632. The van der Waals surface area contributed by atoms with Crippen molar-refractivity contribution in [2.45, 2.75) is 109 Å². The molecule has 0 aromatic carbocycles. The second-order valence-electron chi connectivity index (χ2n) is 17.9. The Morgan fingerprint density at radius 3 is 1.11 bits per heavy atom. The number of nitrogens with zero attached hydrogens (tertiary/aromatic N) is 8. The van der Waals surface area contributed by atoms with E-state index in [2.05, 4.69) is 29.9 Å². The van der Waals surface area contributed by atoms with E-state index in [4.69, 9.17) is 48.9 Å². The number of hydrogen-bond donors (Lipinski definition) is 2. The van der Waals surface area contributed by atoms with E-state index in [9.17, 15) is 28.3 Å². The molecule has 0 saturated heterocycles. The van der Waals surface area contributed by atoms with Crippen LogP contribution in [0.4, 0.5) is 11.6 Å². The normalized spacial score (nSPS) is 12.8. The molecule has 352 valence electrons. The Morgan fingerprint density at radius 2 is 0.828 bits per heavy atom. The number of fused-ring (bicyclic) bond motifs is 2. The number of anilines is 2. The average molecular weight is 941 g/mol. The van der Waals surface area contributed by atoms with Crippen molar-refractivity contribution in [3.8, 4) is 0 Å². The maximum Gasteiger partial charge on any atom is 0.544 e. The number of carbonyl (C=O) groups is 4. The lowest BCUT2D eigenvalue weighted by Crippen LogP contribution is -2.35. The number of aromatic nitrogens is 8. The predicted molar refractivity (Wildman–Crippen MR) is 228 cm³/mol. The molecule has 0 bridgehead atoms. The summed E-state index contributed by atoms with van der Waals surface area (Å²) >= 11 is 0. The van der Waals surface area contributed by atoms with Crippen LogP contribution in [0.5, 0.6) is 0 Å². The third-order valence-corrected chi connectivity index (χ3v) is 9.48. The topological polar surface area (TPSA) is 315 Å². The van der Waals surface area contributed by atoms with Crippen LogP contribution in [0, 0.1) is 21.7 Å². The van der Waals surface area contributed by atoms with E-state index in [1.807, 2.05) is 0 Å². The molecule has 0 amide bonds. The van der Waals surface area contributed by atoms with Crippen LogP contribution >= 0.6 is 16.1 Å². The number of hydrogen-bond acceptors (Lipinski definition) is 22. The summed E-state index contributed by atoms with van der Waals surface area (Å²) in [6.07, 6.45) is 5.14. The maximum absolute atomic E-state index is 12.3. The molecule has 4 heterocycles. The molecule has 2 unspecified atom stereocenters. The largest absolute Gasteiger partial charge is 0.544 e. The third-order valence-electron chi connectivity index (χ3n) is 7.88. The molecule has 0 fully saturated rings. The van der Waals surface area contributed by atoms with Gasteiger partial charge in [0.15, 0.2) is 22.9 Å². The molecule has 26 heteroatoms. The van der Waals surface area contributed by atoms with Gasteiger partial charge in [0.2, 0.25) is 0 Å². The van der Waals surface area contributed by atoms with Crippen LogP contribution in [0.25, 0.3) is 22.3 Å². The van der Waals surface area contributed by atoms with Crippen LogP contribution in [0.3, 0.4) is 0 Å². The number of carbonyl (C=O) groups excluding carboxylic acids is 4. The van der Waals surface area contributed by atoms with E-state index in [0.717, 1.165) is 0 Å². The minimum Gasteiger partial charge on any atom is -0.397 e. The van der Waals surface area contributed by atoms with Crippen molar-refractivity contribution in [3.63, 3.8) is 0 Å². The van der Waals surface area contributed by atoms with Crippen molar-refractivity contribution in [2.24, 2.45) is 21.7 Å². The molecule has 0 aliphatic rings. The monoisotopic (exact) mass is 940 g/mol. The van der Waals surface area contributed by atoms with E-state index in [-0.39, 0.29) is 37.5 Å². The highest BCUT2D eigenvalue weighted by Gasteiger charge is 2.39. The molecule has 24 nitrogen and oxygen atoms in total. The van der Waals surface area contributed by atoms with E-state index < -0.39 is 74.5 Å². The highest BCUT2D eigenvalue weighted by molar-refractivity contribution is 7.39. The summed E-state index contributed by atoms with van der Waals surface area (Å²) < 4.78 is 69.4. The Labute approximate surface area is 371 Å². The third kappa shape index (κ3) is 16.6. The van der Waals surface area contributed by atoms with Gasteiger partial charge in [-0.1, -0.05) is 9.05 Å². The first kappa shape index (κ1) is 53.0. The fourth-order valence-electron chi connectivity index (χ4n) is 4.17. The average Bonchev–Trinajstić information content (AvgIpc) is 3.79. The van der Waals surface area contributed by atoms with Gasteiger partial charge in [-0.25, -0.2) is 29.9 Å². The highest BCUT2D eigenvalue weighted by atomic mass is 31.1. The van der Waals surface area contributed by atoms with Crippen LogP contribution in [0.2, 0.25) is 0 Å². The Morgan fingerprint density at radius 1 is 0.531 bits per heavy atom. The quantitative estimate of drug-likeness (QED) is 0.0560. The lowest BCUT2D eigenvalue weighted by atomic mass is 9.97. The van der Waals surface area contributed by atoms with E-state index in [1.165, 1.54) is 12.7 Å². The number of nitrogens with two attached hydrogens (primary N) is 2. The van der Waals surface area contributed by atoms with E-state index >= 15 is 0 Å². The van der Waals surface area contributed by atoms with Crippen molar-refractivity contribution >= 4 is 73.9 Å². The summed E-state index contributed by atoms with van der Waals surface area (Å²) in [4.78, 5) is 72.9. The maximum atomic E-state index is 12.3. The van der Waals surface area contributed by atoms with Crippen LogP contribution in [0.15, 0.2) is 25.3 Å². The molecule has 4 aromatic rings. The van der Waals surface area contributed by atoms with Crippen molar-refractivity contribution in [3.05, 3.63) is 25.3 Å². The predicted octanol–water partition coefficient (Wildman–Crippen LogP) is 5.21. The number of nitrogen functional groups attached to an aromatic ring is 2. The summed E-state index contributed by atoms with van der Waals surface area (Å²) in [7, 11) is -4.92. The number of rotatable bonds is 18. The molecule has 64 heavy (non-hydrogen) atoms. The van der Waals surface area contributed by atoms with Crippen molar-refractivity contribution < 1.29 is 65.8 Å². The van der Waals surface area contributed by atoms with Gasteiger partial charge in [0.1, 0.15) is 23.7 Å². The Balaban J connectivity index is 0.000000340. The molecule has 4 N–H and O–H groups in total. The lowest BCUT2D eigenvalue weighted by Gasteiger charge is -2.22. The van der Waals surface area contributed by atoms with Gasteiger partial charge < -0.3 is 49.0 Å². The van der Waals surface area contributed by atoms with Gasteiger partial charge in [-0.05, 0) is 92.2 Å². The Hall–Kier alpha value is -5.38. The van der Waals surface area contributed by atoms with Crippen molar-refractivity contribution in [1.29, 1.82) is 0 Å². The van der Waals surface area contributed by atoms with Crippen LogP contribution in [0.1, 0.15) is 83.1 Å². The number of esters is 4. The van der Waals surface area contributed by atoms with Gasteiger partial charge >= 0.3 is 52.9 Å². The second kappa shape index (κ2) is 22.5. The molecule has 2 atom stereocenters. The smallest absolute Gasteiger partial charge is 0.397 e. The first-order chi connectivity index (χ1) is 29.6. The van der Waals surface area contributed by atoms with Crippen molar-refractivity contribution in [1.82, 2.24) is 39.0 Å². The SMILES string of the molecule is CC(C)(C)C(=O)OC(OC(=O)C(C)(C)C)O[P+](=O)COCCn1cnc2c(N)ncnc21.CC(C)(C)C(=O)OC(OC(=O)C(C)(C)C)O[P+](=O)COCCn1cnc2c(N)ncnc21. The molecule has 0 radical (unpaired) electrons. The van der Waals surface area contributed by atoms with Crippen LogP contribution in [-0.2, 0) is 78.9 Å². The van der Waals surface area contributed by atoms with Gasteiger partial charge in [0.25, 0.3) is 12.7 Å². The van der Waals surface area contributed by atoms with Gasteiger partial charge in [-0.2, -0.15) is 0 Å². The minimum atomic E-state index is -2.46. The zero-order valence-corrected chi connectivity index (χ0v) is 39.8. The minimum absolute atomic E-state index is 0.161.